The van der Waals surface area contributed by atoms with Crippen molar-refractivity contribution in [2.45, 2.75) is 33.1 Å². The number of rotatable bonds is 3. The van der Waals surface area contributed by atoms with Gasteiger partial charge in [0.25, 0.3) is 0 Å². The minimum atomic E-state index is 0.160. The molecule has 0 saturated heterocycles. The van der Waals surface area contributed by atoms with E-state index in [1.54, 1.807) is 0 Å². The highest BCUT2D eigenvalue weighted by Gasteiger charge is 2.34. The summed E-state index contributed by atoms with van der Waals surface area (Å²) in [5, 5.41) is 2.44. The second-order valence-electron chi connectivity index (χ2n) is 9.34. The topological polar surface area (TPSA) is 3.24 Å². The van der Waals surface area contributed by atoms with Gasteiger partial charge in [0.05, 0.1) is 6.54 Å². The monoisotopic (exact) mass is 481 g/mol. The Morgan fingerprint density at radius 1 is 0.622 bits per heavy atom. The van der Waals surface area contributed by atoms with Crippen LogP contribution < -0.4 is 4.90 Å². The maximum atomic E-state index is 5.56. The zero-order valence-electron chi connectivity index (χ0n) is 22.3. The van der Waals surface area contributed by atoms with Crippen molar-refractivity contribution in [1.29, 1.82) is 0 Å². The third-order valence-electron chi connectivity index (χ3n) is 6.87. The molecule has 0 saturated carbocycles. The molecule has 0 bridgehead atoms. The van der Waals surface area contributed by atoms with Gasteiger partial charge < -0.3 is 4.90 Å². The van der Waals surface area contributed by atoms with E-state index in [4.69, 9.17) is 6.42 Å². The number of anilines is 2. The summed E-state index contributed by atoms with van der Waals surface area (Å²) in [6.07, 6.45) is 5.56. The molecule has 37 heavy (non-hydrogen) atoms. The molecule has 6 rings (SSSR count). The molecule has 0 radical (unpaired) electrons. The average molecular weight is 482 g/mol. The van der Waals surface area contributed by atoms with Crippen molar-refractivity contribution in [3.05, 3.63) is 132 Å². The number of benzene rings is 5. The Bertz CT molecular complexity index is 1450. The Kier molecular flexibility index (Phi) is 8.11. The average Bonchev–Trinajstić information content (AvgIpc) is 3.20. The molecule has 1 aliphatic rings. The second kappa shape index (κ2) is 11.6. The zero-order chi connectivity index (χ0) is 26.3. The van der Waals surface area contributed by atoms with Gasteiger partial charge in [0, 0.05) is 22.2 Å². The van der Waals surface area contributed by atoms with E-state index in [1.165, 1.54) is 33.0 Å². The third kappa shape index (κ3) is 5.16. The smallest absolute Gasteiger partial charge is 0.0840 e. The van der Waals surface area contributed by atoms with E-state index in [0.717, 1.165) is 11.4 Å². The molecule has 5 aromatic carbocycles. The summed E-state index contributed by atoms with van der Waals surface area (Å²) in [6, 6.07) is 42.4. The largest absolute Gasteiger partial charge is 0.329 e. The van der Waals surface area contributed by atoms with E-state index in [0.29, 0.717) is 6.54 Å². The summed E-state index contributed by atoms with van der Waals surface area (Å²) < 4.78 is 0. The third-order valence-corrected chi connectivity index (χ3v) is 6.87. The molecule has 1 aliphatic carbocycles. The maximum absolute atomic E-state index is 5.56. The standard InChI is InChI=1S/C19H15N.C15H14.C2H6/c1-2-15-20(17-11-4-3-5-12-17)19-14-8-10-16-9-6-7-13-18(16)19;1-15(2)13-9-5-3-7-11(13)12-8-4-6-10-14(12)15;1-2/h1,3-14H,15H2;3-10H,1-2H3;1-2H3. The summed E-state index contributed by atoms with van der Waals surface area (Å²) in [7, 11) is 0. The van der Waals surface area contributed by atoms with Gasteiger partial charge >= 0.3 is 0 Å². The Morgan fingerprint density at radius 3 is 1.76 bits per heavy atom. The highest BCUT2D eigenvalue weighted by Crippen LogP contribution is 2.48. The van der Waals surface area contributed by atoms with Gasteiger partial charge in [-0.05, 0) is 45.8 Å². The molecule has 0 N–H and O–H groups in total. The van der Waals surface area contributed by atoms with Crippen molar-refractivity contribution in [2.75, 3.05) is 11.4 Å². The van der Waals surface area contributed by atoms with Gasteiger partial charge in [0.2, 0.25) is 0 Å². The Hall–Kier alpha value is -4.28. The van der Waals surface area contributed by atoms with E-state index >= 15 is 0 Å². The molecule has 0 amide bonds. The summed E-state index contributed by atoms with van der Waals surface area (Å²) >= 11 is 0. The van der Waals surface area contributed by atoms with Crippen LogP contribution in [0.5, 0.6) is 0 Å². The van der Waals surface area contributed by atoms with Crippen LogP contribution >= 0.6 is 0 Å². The molecule has 0 heterocycles. The van der Waals surface area contributed by atoms with Crippen LogP contribution in [0.1, 0.15) is 38.8 Å². The van der Waals surface area contributed by atoms with Crippen molar-refractivity contribution in [2.24, 2.45) is 0 Å². The number of hydrogen-bond donors (Lipinski definition) is 0. The number of nitrogens with zero attached hydrogens (tertiary/aromatic N) is 1. The van der Waals surface area contributed by atoms with Crippen LogP contribution in [0, 0.1) is 12.3 Å². The van der Waals surface area contributed by atoms with E-state index in [2.05, 4.69) is 128 Å². The molecule has 0 aliphatic heterocycles. The molecule has 0 unspecified atom stereocenters. The van der Waals surface area contributed by atoms with Crippen molar-refractivity contribution in [3.63, 3.8) is 0 Å². The summed E-state index contributed by atoms with van der Waals surface area (Å²) in [6.45, 7) is 9.16. The first-order valence-electron chi connectivity index (χ1n) is 13.0. The highest BCUT2D eigenvalue weighted by molar-refractivity contribution is 5.96. The molecule has 0 atom stereocenters. The summed E-state index contributed by atoms with van der Waals surface area (Å²) in [4.78, 5) is 2.17. The molecular formula is C36H35N. The predicted molar refractivity (Wildman–Crippen MR) is 162 cm³/mol. The second-order valence-corrected chi connectivity index (χ2v) is 9.34. The molecule has 184 valence electrons. The normalized spacial score (nSPS) is 12.1. The SMILES string of the molecule is C#CCN(c1ccccc1)c1cccc2ccccc12.CC.CC1(C)c2ccccc2-c2ccccc21. The lowest BCUT2D eigenvalue weighted by atomic mass is 9.82. The molecular weight excluding hydrogens is 446 g/mol. The number of terminal acetylenes is 1. The predicted octanol–water partition coefficient (Wildman–Crippen LogP) is 9.63. The molecule has 0 fully saturated rings. The van der Waals surface area contributed by atoms with Crippen LogP contribution in [-0.2, 0) is 5.41 Å². The number of fused-ring (bicyclic) bond motifs is 4. The van der Waals surface area contributed by atoms with Gasteiger partial charge in [-0.15, -0.1) is 6.42 Å². The van der Waals surface area contributed by atoms with Crippen molar-refractivity contribution in [1.82, 2.24) is 0 Å². The fourth-order valence-corrected chi connectivity index (χ4v) is 5.13. The highest BCUT2D eigenvalue weighted by atomic mass is 15.1. The van der Waals surface area contributed by atoms with Crippen LogP contribution in [0.15, 0.2) is 121 Å². The van der Waals surface area contributed by atoms with Crippen LogP contribution in [0.25, 0.3) is 21.9 Å². The van der Waals surface area contributed by atoms with Crippen LogP contribution in [-0.4, -0.2) is 6.54 Å². The first kappa shape index (κ1) is 25.8. The Balaban J connectivity index is 0.000000168. The minimum absolute atomic E-state index is 0.160. The first-order chi connectivity index (χ1) is 18.1. The van der Waals surface area contributed by atoms with Crippen LogP contribution in [0.2, 0.25) is 0 Å². The summed E-state index contributed by atoms with van der Waals surface area (Å²) in [5.74, 6) is 2.76. The van der Waals surface area contributed by atoms with Crippen molar-refractivity contribution in [3.8, 4) is 23.5 Å². The van der Waals surface area contributed by atoms with Crippen molar-refractivity contribution < 1.29 is 0 Å². The minimum Gasteiger partial charge on any atom is -0.329 e. The van der Waals surface area contributed by atoms with E-state index in [1.807, 2.05) is 32.0 Å². The summed E-state index contributed by atoms with van der Waals surface area (Å²) in [5.41, 5.74) is 8.12. The molecule has 1 nitrogen and oxygen atoms in total. The van der Waals surface area contributed by atoms with Gasteiger partial charge in [0.1, 0.15) is 0 Å². The van der Waals surface area contributed by atoms with E-state index in [-0.39, 0.29) is 5.41 Å². The fraction of sp³-hybridized carbons (Fsp3) is 0.167. The molecule has 1 heteroatoms. The lowest BCUT2D eigenvalue weighted by Crippen LogP contribution is -2.17. The molecule has 0 aromatic heterocycles. The van der Waals surface area contributed by atoms with E-state index < -0.39 is 0 Å². The first-order valence-corrected chi connectivity index (χ1v) is 13.0. The lowest BCUT2D eigenvalue weighted by Gasteiger charge is -2.24. The fourth-order valence-electron chi connectivity index (χ4n) is 5.13. The van der Waals surface area contributed by atoms with Crippen LogP contribution in [0.4, 0.5) is 11.4 Å². The van der Waals surface area contributed by atoms with Crippen LogP contribution in [0.3, 0.4) is 0 Å². The van der Waals surface area contributed by atoms with Crippen molar-refractivity contribution >= 4 is 22.1 Å². The lowest BCUT2D eigenvalue weighted by molar-refractivity contribution is 0.660. The number of para-hydroxylation sites is 1. The van der Waals surface area contributed by atoms with Gasteiger partial charge in [-0.25, -0.2) is 0 Å². The maximum Gasteiger partial charge on any atom is 0.0840 e. The molecule has 5 aromatic rings. The van der Waals surface area contributed by atoms with Gasteiger partial charge in [-0.1, -0.05) is 137 Å². The van der Waals surface area contributed by atoms with E-state index in [9.17, 15) is 0 Å². The Morgan fingerprint density at radius 2 is 1.14 bits per heavy atom. The van der Waals surface area contributed by atoms with Gasteiger partial charge in [0.15, 0.2) is 0 Å². The Labute approximate surface area is 222 Å². The van der Waals surface area contributed by atoms with Gasteiger partial charge in [-0.2, -0.15) is 0 Å². The van der Waals surface area contributed by atoms with Gasteiger partial charge in [-0.3, -0.25) is 0 Å². The zero-order valence-corrected chi connectivity index (χ0v) is 22.3. The quantitative estimate of drug-likeness (QED) is 0.232. The number of hydrogen-bond acceptors (Lipinski definition) is 1. The molecule has 0 spiro atoms.